The fourth-order valence-corrected chi connectivity index (χ4v) is 2.36. The lowest BCUT2D eigenvalue weighted by Gasteiger charge is -2.25. The molecule has 90 valence electrons. The molecule has 0 aliphatic heterocycles. The maximum absolute atomic E-state index is 9.24. The lowest BCUT2D eigenvalue weighted by molar-refractivity contribution is 0.359. The van der Waals surface area contributed by atoms with E-state index in [9.17, 15) is 5.26 Å². The van der Waals surface area contributed by atoms with Gasteiger partial charge in [0.1, 0.15) is 6.04 Å². The average molecular weight is 229 g/mol. The summed E-state index contributed by atoms with van der Waals surface area (Å²) in [5.74, 6) is 0. The second-order valence-electron chi connectivity index (χ2n) is 4.80. The monoisotopic (exact) mass is 229 g/mol. The van der Waals surface area contributed by atoms with Crippen molar-refractivity contribution in [1.29, 1.82) is 5.26 Å². The van der Waals surface area contributed by atoms with Crippen molar-refractivity contribution in [2.75, 3.05) is 0 Å². The van der Waals surface area contributed by atoms with Crippen LogP contribution in [0.4, 0.5) is 0 Å². The van der Waals surface area contributed by atoms with Gasteiger partial charge in [-0.05, 0) is 25.8 Å². The van der Waals surface area contributed by atoms with Crippen LogP contribution in [0.15, 0.2) is 18.3 Å². The summed E-state index contributed by atoms with van der Waals surface area (Å²) in [6.45, 7) is 1.96. The largest absolute Gasteiger partial charge is 0.295 e. The summed E-state index contributed by atoms with van der Waals surface area (Å²) >= 11 is 0. The Kier molecular flexibility index (Phi) is 4.11. The number of hydrogen-bond acceptors (Lipinski definition) is 3. The number of aryl methyl sites for hydroxylation is 1. The molecule has 0 bridgehead atoms. The molecular weight excluding hydrogens is 210 g/mol. The Balaban J connectivity index is 2.01. The van der Waals surface area contributed by atoms with Gasteiger partial charge in [0.15, 0.2) is 0 Å². The van der Waals surface area contributed by atoms with E-state index < -0.39 is 0 Å². The van der Waals surface area contributed by atoms with Crippen molar-refractivity contribution in [3.8, 4) is 6.07 Å². The van der Waals surface area contributed by atoms with Crippen molar-refractivity contribution >= 4 is 0 Å². The van der Waals surface area contributed by atoms with Crippen molar-refractivity contribution in [2.45, 2.75) is 51.1 Å². The number of aromatic nitrogens is 1. The molecule has 1 aromatic heterocycles. The second kappa shape index (κ2) is 5.79. The normalized spacial score (nSPS) is 18.6. The lowest BCUT2D eigenvalue weighted by atomic mass is 9.94. The van der Waals surface area contributed by atoms with Crippen molar-refractivity contribution in [3.05, 3.63) is 29.6 Å². The summed E-state index contributed by atoms with van der Waals surface area (Å²) in [6, 6.07) is 6.57. The van der Waals surface area contributed by atoms with Gasteiger partial charge in [0.25, 0.3) is 0 Å². The Bertz CT molecular complexity index is 385. The molecule has 0 amide bonds. The van der Waals surface area contributed by atoms with Gasteiger partial charge in [-0.25, -0.2) is 0 Å². The zero-order chi connectivity index (χ0) is 12.1. The molecule has 1 aliphatic carbocycles. The minimum absolute atomic E-state index is 0.216. The Labute approximate surface area is 103 Å². The Morgan fingerprint density at radius 3 is 2.71 bits per heavy atom. The summed E-state index contributed by atoms with van der Waals surface area (Å²) < 4.78 is 0. The number of nitrogens with zero attached hydrogens (tertiary/aromatic N) is 2. The molecule has 0 saturated heterocycles. The smallest absolute Gasteiger partial charge is 0.123 e. The predicted octanol–water partition coefficient (Wildman–Crippen LogP) is 2.88. The summed E-state index contributed by atoms with van der Waals surface area (Å²) in [7, 11) is 0. The van der Waals surface area contributed by atoms with Crippen LogP contribution in [0.25, 0.3) is 0 Å². The molecule has 1 fully saturated rings. The van der Waals surface area contributed by atoms with Gasteiger partial charge in [-0.2, -0.15) is 5.26 Å². The van der Waals surface area contributed by atoms with Crippen molar-refractivity contribution < 1.29 is 0 Å². The van der Waals surface area contributed by atoms with Crippen LogP contribution in [0.2, 0.25) is 0 Å². The summed E-state index contributed by atoms with van der Waals surface area (Å²) in [5, 5.41) is 12.7. The number of nitrogens with one attached hydrogen (secondary N) is 1. The van der Waals surface area contributed by atoms with Crippen molar-refractivity contribution in [2.24, 2.45) is 0 Å². The third kappa shape index (κ3) is 3.28. The van der Waals surface area contributed by atoms with E-state index in [-0.39, 0.29) is 6.04 Å². The lowest BCUT2D eigenvalue weighted by Crippen LogP contribution is -2.33. The molecule has 1 aliphatic rings. The van der Waals surface area contributed by atoms with Crippen molar-refractivity contribution in [3.63, 3.8) is 0 Å². The maximum atomic E-state index is 9.24. The van der Waals surface area contributed by atoms with Crippen LogP contribution in [0.1, 0.15) is 49.4 Å². The van der Waals surface area contributed by atoms with Gasteiger partial charge in [-0.15, -0.1) is 0 Å². The fourth-order valence-electron chi connectivity index (χ4n) is 2.36. The molecule has 0 spiro atoms. The Morgan fingerprint density at radius 2 is 2.12 bits per heavy atom. The van der Waals surface area contributed by atoms with Gasteiger partial charge in [-0.1, -0.05) is 25.3 Å². The SMILES string of the molecule is Cc1ccc(C(C#N)NC2CCCCC2)cn1. The molecule has 1 heterocycles. The third-order valence-corrected chi connectivity index (χ3v) is 3.40. The van der Waals surface area contributed by atoms with Crippen LogP contribution < -0.4 is 5.32 Å². The highest BCUT2D eigenvalue weighted by atomic mass is 15.0. The first kappa shape index (κ1) is 12.1. The molecule has 1 atom stereocenters. The summed E-state index contributed by atoms with van der Waals surface area (Å²) in [6.07, 6.45) is 8.08. The molecule has 17 heavy (non-hydrogen) atoms. The third-order valence-electron chi connectivity index (χ3n) is 3.40. The summed E-state index contributed by atoms with van der Waals surface area (Å²) in [5.41, 5.74) is 1.96. The van der Waals surface area contributed by atoms with Crippen LogP contribution in [0.3, 0.4) is 0 Å². The number of hydrogen-bond donors (Lipinski definition) is 1. The fraction of sp³-hybridized carbons (Fsp3) is 0.571. The zero-order valence-corrected chi connectivity index (χ0v) is 10.3. The molecule has 1 unspecified atom stereocenters. The van der Waals surface area contributed by atoms with Crippen molar-refractivity contribution in [1.82, 2.24) is 10.3 Å². The quantitative estimate of drug-likeness (QED) is 0.867. The molecule has 1 saturated carbocycles. The highest BCUT2D eigenvalue weighted by molar-refractivity contribution is 5.22. The first-order valence-electron chi connectivity index (χ1n) is 6.38. The standard InChI is InChI=1S/C14H19N3/c1-11-7-8-12(10-16-11)14(9-15)17-13-5-3-2-4-6-13/h7-8,10,13-14,17H,2-6H2,1H3. The summed E-state index contributed by atoms with van der Waals surface area (Å²) in [4.78, 5) is 4.25. The highest BCUT2D eigenvalue weighted by Crippen LogP contribution is 2.21. The van der Waals surface area contributed by atoms with Crippen LogP contribution in [-0.4, -0.2) is 11.0 Å². The zero-order valence-electron chi connectivity index (χ0n) is 10.3. The number of pyridine rings is 1. The number of nitriles is 1. The highest BCUT2D eigenvalue weighted by Gasteiger charge is 2.18. The van der Waals surface area contributed by atoms with Gasteiger partial charge >= 0.3 is 0 Å². The van der Waals surface area contributed by atoms with E-state index in [1.807, 2.05) is 19.1 Å². The predicted molar refractivity (Wildman–Crippen MR) is 67.3 cm³/mol. The minimum atomic E-state index is -0.216. The molecule has 0 aromatic carbocycles. The Hall–Kier alpha value is -1.40. The van der Waals surface area contributed by atoms with E-state index >= 15 is 0 Å². The first-order valence-corrected chi connectivity index (χ1v) is 6.38. The van der Waals surface area contributed by atoms with Crippen LogP contribution >= 0.6 is 0 Å². The Morgan fingerprint density at radius 1 is 1.35 bits per heavy atom. The van der Waals surface area contributed by atoms with E-state index in [0.717, 1.165) is 11.3 Å². The molecule has 2 rings (SSSR count). The van der Waals surface area contributed by atoms with E-state index in [1.54, 1.807) is 6.20 Å². The van der Waals surface area contributed by atoms with Gasteiger partial charge in [-0.3, -0.25) is 10.3 Å². The van der Waals surface area contributed by atoms with E-state index in [0.29, 0.717) is 6.04 Å². The second-order valence-corrected chi connectivity index (χ2v) is 4.80. The van der Waals surface area contributed by atoms with Crippen LogP contribution in [-0.2, 0) is 0 Å². The maximum Gasteiger partial charge on any atom is 0.123 e. The molecule has 0 radical (unpaired) electrons. The van der Waals surface area contributed by atoms with Gasteiger partial charge in [0.2, 0.25) is 0 Å². The van der Waals surface area contributed by atoms with Crippen LogP contribution in [0, 0.1) is 18.3 Å². The first-order chi connectivity index (χ1) is 8.29. The molecular formula is C14H19N3. The van der Waals surface area contributed by atoms with Crippen LogP contribution in [0.5, 0.6) is 0 Å². The van der Waals surface area contributed by atoms with E-state index in [4.69, 9.17) is 0 Å². The minimum Gasteiger partial charge on any atom is -0.295 e. The van der Waals surface area contributed by atoms with E-state index in [2.05, 4.69) is 16.4 Å². The molecule has 1 N–H and O–H groups in total. The van der Waals surface area contributed by atoms with Gasteiger partial charge in [0.05, 0.1) is 6.07 Å². The number of rotatable bonds is 3. The molecule has 3 heteroatoms. The molecule has 3 nitrogen and oxygen atoms in total. The topological polar surface area (TPSA) is 48.7 Å². The van der Waals surface area contributed by atoms with E-state index in [1.165, 1.54) is 32.1 Å². The van der Waals surface area contributed by atoms with Gasteiger partial charge in [0, 0.05) is 23.5 Å². The molecule has 1 aromatic rings. The average Bonchev–Trinajstić information content (AvgIpc) is 2.38. The van der Waals surface area contributed by atoms with Gasteiger partial charge < -0.3 is 0 Å².